The number of aromatic hydroxyl groups is 1. The molecule has 0 spiro atoms. The number of anilines is 2. The fraction of sp³-hybridized carbons (Fsp3) is 0.0476. The van der Waals surface area contributed by atoms with Crippen LogP contribution in [-0.4, -0.2) is 24.0 Å². The van der Waals surface area contributed by atoms with Crippen molar-refractivity contribution in [3.8, 4) is 11.5 Å². The first-order valence-electron chi connectivity index (χ1n) is 8.32. The number of halogens is 1. The maximum absolute atomic E-state index is 12.5. The number of benzene rings is 3. The fourth-order valence-electron chi connectivity index (χ4n) is 2.55. The van der Waals surface area contributed by atoms with Crippen LogP contribution in [0, 0.1) is 0 Å². The Morgan fingerprint density at radius 1 is 0.929 bits per heavy atom. The summed E-state index contributed by atoms with van der Waals surface area (Å²) in [6.45, 7) is 0. The summed E-state index contributed by atoms with van der Waals surface area (Å²) >= 11 is 5.90. The quantitative estimate of drug-likeness (QED) is 0.590. The molecule has 0 bridgehead atoms. The highest BCUT2D eigenvalue weighted by Gasteiger charge is 2.16. The van der Waals surface area contributed by atoms with Gasteiger partial charge in [-0.1, -0.05) is 29.8 Å². The Morgan fingerprint density at radius 2 is 1.68 bits per heavy atom. The zero-order valence-corrected chi connectivity index (χ0v) is 15.7. The van der Waals surface area contributed by atoms with Crippen LogP contribution >= 0.6 is 11.6 Å². The van der Waals surface area contributed by atoms with Gasteiger partial charge in [-0.25, -0.2) is 0 Å². The van der Waals surface area contributed by atoms with Crippen LogP contribution in [0.25, 0.3) is 0 Å². The molecule has 6 nitrogen and oxygen atoms in total. The largest absolute Gasteiger partial charge is 0.507 e. The molecule has 3 aromatic carbocycles. The summed E-state index contributed by atoms with van der Waals surface area (Å²) in [7, 11) is 1.45. The van der Waals surface area contributed by atoms with Gasteiger partial charge in [0.1, 0.15) is 11.5 Å². The minimum Gasteiger partial charge on any atom is -0.507 e. The van der Waals surface area contributed by atoms with Crippen LogP contribution in [0.5, 0.6) is 11.5 Å². The molecule has 0 unspecified atom stereocenters. The molecule has 0 aliphatic heterocycles. The first kappa shape index (κ1) is 19.3. The number of methoxy groups -OCH3 is 1. The number of rotatable bonds is 5. The summed E-state index contributed by atoms with van der Waals surface area (Å²) in [5.41, 5.74) is 1.27. The highest BCUT2D eigenvalue weighted by Crippen LogP contribution is 2.28. The molecule has 3 aromatic rings. The second-order valence-electron chi connectivity index (χ2n) is 5.85. The molecule has 0 fully saturated rings. The SMILES string of the molecule is COc1ccc(C(=O)Nc2ccccc2)cc1NC(=O)c1cc(Cl)ccc1O. The lowest BCUT2D eigenvalue weighted by molar-refractivity contribution is 0.101. The van der Waals surface area contributed by atoms with Crippen molar-refractivity contribution in [3.63, 3.8) is 0 Å². The molecule has 0 aromatic heterocycles. The third kappa shape index (κ3) is 4.42. The number of carbonyl (C=O) groups is 2. The van der Waals surface area contributed by atoms with Gasteiger partial charge in [0.05, 0.1) is 18.4 Å². The summed E-state index contributed by atoms with van der Waals surface area (Å²) in [6.07, 6.45) is 0. The molecular weight excluding hydrogens is 380 g/mol. The summed E-state index contributed by atoms with van der Waals surface area (Å²) in [6, 6.07) is 17.8. The van der Waals surface area contributed by atoms with Crippen LogP contribution in [-0.2, 0) is 0 Å². The predicted molar refractivity (Wildman–Crippen MR) is 108 cm³/mol. The zero-order valence-electron chi connectivity index (χ0n) is 14.9. The molecule has 3 N–H and O–H groups in total. The van der Waals surface area contributed by atoms with E-state index in [0.717, 1.165) is 0 Å². The number of phenols is 1. The summed E-state index contributed by atoms with van der Waals surface area (Å²) in [5.74, 6) is -0.765. The van der Waals surface area contributed by atoms with Gasteiger partial charge in [0.15, 0.2) is 0 Å². The average molecular weight is 397 g/mol. The fourth-order valence-corrected chi connectivity index (χ4v) is 2.72. The van der Waals surface area contributed by atoms with Gasteiger partial charge in [-0.15, -0.1) is 0 Å². The molecule has 0 heterocycles. The predicted octanol–water partition coefficient (Wildman–Crippen LogP) is 4.56. The lowest BCUT2D eigenvalue weighted by atomic mass is 10.1. The van der Waals surface area contributed by atoms with E-state index in [4.69, 9.17) is 16.3 Å². The first-order chi connectivity index (χ1) is 13.5. The van der Waals surface area contributed by atoms with E-state index < -0.39 is 5.91 Å². The van der Waals surface area contributed by atoms with Gasteiger partial charge in [-0.05, 0) is 48.5 Å². The van der Waals surface area contributed by atoms with Crippen molar-refractivity contribution >= 4 is 34.8 Å². The molecule has 0 aliphatic carbocycles. The van der Waals surface area contributed by atoms with E-state index in [-0.39, 0.29) is 22.9 Å². The Labute approximate surface area is 166 Å². The Morgan fingerprint density at radius 3 is 2.39 bits per heavy atom. The van der Waals surface area contributed by atoms with Crippen molar-refractivity contribution in [1.82, 2.24) is 0 Å². The lowest BCUT2D eigenvalue weighted by Crippen LogP contribution is -2.15. The monoisotopic (exact) mass is 396 g/mol. The summed E-state index contributed by atoms with van der Waals surface area (Å²) < 4.78 is 5.25. The first-order valence-corrected chi connectivity index (χ1v) is 8.70. The van der Waals surface area contributed by atoms with Gasteiger partial charge < -0.3 is 20.5 Å². The number of hydrogen-bond acceptors (Lipinski definition) is 4. The van der Waals surface area contributed by atoms with Crippen LogP contribution < -0.4 is 15.4 Å². The smallest absolute Gasteiger partial charge is 0.259 e. The van der Waals surface area contributed by atoms with E-state index in [1.807, 2.05) is 18.2 Å². The van der Waals surface area contributed by atoms with Gasteiger partial charge in [-0.2, -0.15) is 0 Å². The topological polar surface area (TPSA) is 87.7 Å². The highest BCUT2D eigenvalue weighted by molar-refractivity contribution is 6.31. The van der Waals surface area contributed by atoms with Crippen LogP contribution in [0.4, 0.5) is 11.4 Å². The molecule has 0 saturated carbocycles. The van der Waals surface area contributed by atoms with Crippen molar-refractivity contribution in [3.05, 3.63) is 82.9 Å². The molecule has 142 valence electrons. The van der Waals surface area contributed by atoms with E-state index in [0.29, 0.717) is 22.0 Å². The van der Waals surface area contributed by atoms with E-state index in [2.05, 4.69) is 10.6 Å². The Hall–Kier alpha value is -3.51. The maximum atomic E-state index is 12.5. The molecule has 7 heteroatoms. The number of nitrogens with one attached hydrogen (secondary N) is 2. The van der Waals surface area contributed by atoms with E-state index in [1.165, 1.54) is 31.4 Å². The Kier molecular flexibility index (Phi) is 5.81. The van der Waals surface area contributed by atoms with Crippen LogP contribution in [0.2, 0.25) is 5.02 Å². The second kappa shape index (κ2) is 8.45. The zero-order chi connectivity index (χ0) is 20.1. The molecule has 0 radical (unpaired) electrons. The molecule has 3 rings (SSSR count). The van der Waals surface area contributed by atoms with Crippen molar-refractivity contribution in [2.45, 2.75) is 0 Å². The number of phenolic OH excluding ortho intramolecular Hbond substituents is 1. The van der Waals surface area contributed by atoms with E-state index in [1.54, 1.807) is 24.3 Å². The normalized spacial score (nSPS) is 10.2. The van der Waals surface area contributed by atoms with Gasteiger partial charge >= 0.3 is 0 Å². The minimum atomic E-state index is -0.584. The van der Waals surface area contributed by atoms with Gasteiger partial charge in [0.25, 0.3) is 11.8 Å². The second-order valence-corrected chi connectivity index (χ2v) is 6.29. The molecule has 0 aliphatic rings. The van der Waals surface area contributed by atoms with Crippen LogP contribution in [0.15, 0.2) is 66.7 Å². The number of ether oxygens (including phenoxy) is 1. The number of hydrogen-bond donors (Lipinski definition) is 3. The summed E-state index contributed by atoms with van der Waals surface area (Å²) in [4.78, 5) is 25.0. The standard InChI is InChI=1S/C21H17ClN2O4/c1-28-19-10-7-13(20(26)23-15-5-3-2-4-6-15)11-17(19)24-21(27)16-12-14(22)8-9-18(16)25/h2-12,25H,1H3,(H,23,26)(H,24,27). The van der Waals surface area contributed by atoms with E-state index in [9.17, 15) is 14.7 Å². The minimum absolute atomic E-state index is 0.00805. The third-order valence-electron chi connectivity index (χ3n) is 3.94. The van der Waals surface area contributed by atoms with Gasteiger partial charge in [-0.3, -0.25) is 9.59 Å². The number of amides is 2. The molecule has 28 heavy (non-hydrogen) atoms. The van der Waals surface area contributed by atoms with Gasteiger partial charge in [0.2, 0.25) is 0 Å². The molecule has 0 saturated heterocycles. The summed E-state index contributed by atoms with van der Waals surface area (Å²) in [5, 5.41) is 15.6. The van der Waals surface area contributed by atoms with Crippen molar-refractivity contribution in [2.75, 3.05) is 17.7 Å². The molecular formula is C21H17ClN2O4. The average Bonchev–Trinajstić information content (AvgIpc) is 2.70. The van der Waals surface area contributed by atoms with Crippen molar-refractivity contribution in [1.29, 1.82) is 0 Å². The van der Waals surface area contributed by atoms with Crippen LogP contribution in [0.1, 0.15) is 20.7 Å². The lowest BCUT2D eigenvalue weighted by Gasteiger charge is -2.13. The molecule has 0 atom stereocenters. The Bertz CT molecular complexity index is 1020. The Balaban J connectivity index is 1.86. The molecule has 2 amide bonds. The van der Waals surface area contributed by atoms with Gasteiger partial charge in [0, 0.05) is 16.3 Å². The van der Waals surface area contributed by atoms with Crippen LogP contribution in [0.3, 0.4) is 0 Å². The van der Waals surface area contributed by atoms with Crippen molar-refractivity contribution < 1.29 is 19.4 Å². The van der Waals surface area contributed by atoms with E-state index >= 15 is 0 Å². The number of para-hydroxylation sites is 1. The third-order valence-corrected chi connectivity index (χ3v) is 4.18. The number of carbonyl (C=O) groups excluding carboxylic acids is 2. The highest BCUT2D eigenvalue weighted by atomic mass is 35.5. The maximum Gasteiger partial charge on any atom is 0.259 e. The van der Waals surface area contributed by atoms with Crippen molar-refractivity contribution in [2.24, 2.45) is 0 Å².